The Balaban J connectivity index is 0.000000611. The number of rotatable bonds is 18. The minimum absolute atomic E-state index is 0. The maximum atomic E-state index is 13.6. The van der Waals surface area contributed by atoms with E-state index in [9.17, 15) is 14.2 Å². The van der Waals surface area contributed by atoms with Crippen molar-refractivity contribution in [3.05, 3.63) is 100 Å². The number of imidazole rings is 2. The van der Waals surface area contributed by atoms with Crippen LogP contribution in [-0.4, -0.2) is 129 Å². The predicted octanol–water partition coefficient (Wildman–Crippen LogP) is 4.38. The molecule has 6 aromatic rings. The number of aromatic nitrogens is 8. The minimum atomic E-state index is -3.78. The third-order valence-electron chi connectivity index (χ3n) is 10.9. The summed E-state index contributed by atoms with van der Waals surface area (Å²) in [6.45, 7) is 10.3. The van der Waals surface area contributed by atoms with Crippen LogP contribution < -0.4 is 54.6 Å². The largest absolute Gasteiger partial charge is 2.00 e. The summed E-state index contributed by atoms with van der Waals surface area (Å²) in [4.78, 5) is 62.6. The Morgan fingerprint density at radius 3 is 1.53 bits per heavy atom. The summed E-state index contributed by atoms with van der Waals surface area (Å²) in [7, 11) is -3.78. The Morgan fingerprint density at radius 1 is 0.747 bits per heavy atom. The molecule has 32 nitrogen and oxygen atoms in total. The molecule has 2 saturated heterocycles. The molecule has 6 heterocycles. The maximum Gasteiger partial charge on any atom is 2.00 e. The van der Waals surface area contributed by atoms with Gasteiger partial charge < -0.3 is 64.9 Å². The Bertz CT molecular complexity index is 3180. The molecule has 4 aromatic heterocycles. The van der Waals surface area contributed by atoms with Crippen LogP contribution in [0.1, 0.15) is 86.6 Å². The minimum Gasteiger partial charge on any atom is -1.00 e. The summed E-state index contributed by atoms with van der Waals surface area (Å²) < 4.78 is 57.1. The fourth-order valence-corrected chi connectivity index (χ4v) is 10.6. The number of hydrogen-bond donors (Lipinski definition) is 7. The van der Waals surface area contributed by atoms with Gasteiger partial charge in [-0.15, -0.1) is 0 Å². The van der Waals surface area contributed by atoms with Crippen LogP contribution in [0, 0.1) is 5.92 Å². The zero-order chi connectivity index (χ0) is 60.3. The number of fused-ring (bicyclic) bond motifs is 2. The average molecular weight is 1250 g/mol. The molecule has 2 fully saturated rings. The first-order valence-corrected chi connectivity index (χ1v) is 28.5. The summed E-state index contributed by atoms with van der Waals surface area (Å²) in [6, 6.07) is 16.5. The van der Waals surface area contributed by atoms with Crippen LogP contribution >= 0.6 is 25.9 Å². The number of benzene rings is 2. The molecule has 37 heteroatoms. The monoisotopic (exact) mass is 1240 g/mol. The molecule has 2 aliphatic heterocycles. The van der Waals surface area contributed by atoms with E-state index in [-0.39, 0.29) is 96.6 Å². The van der Waals surface area contributed by atoms with Gasteiger partial charge >= 0.3 is 50.0 Å². The van der Waals surface area contributed by atoms with Crippen LogP contribution in [0.3, 0.4) is 0 Å². The molecule has 8 rings (SSSR count). The predicted molar refractivity (Wildman–Crippen MR) is 301 cm³/mol. The van der Waals surface area contributed by atoms with Crippen molar-refractivity contribution in [2.75, 3.05) is 36.1 Å². The van der Waals surface area contributed by atoms with E-state index in [1.807, 2.05) is 39.8 Å². The Morgan fingerprint density at radius 2 is 1.13 bits per heavy atom. The molecule has 10 atom stereocenters. The molecule has 0 amide bonds. The average Bonchev–Trinajstić information content (AvgIpc) is 3.52. The maximum absolute atomic E-state index is 13.6. The summed E-state index contributed by atoms with van der Waals surface area (Å²) in [5, 5.41) is 22.4. The van der Waals surface area contributed by atoms with Gasteiger partial charge in [-0.05, 0) is 62.0 Å². The number of anilines is 4. The molecule has 11 N–H and O–H groups in total. The SMILES string of the molecule is CC[C@H](C)NP(=O)(Cl)Oc1ccccc1.CC[C@H](C)NP(=O)(OC[C@H]1O[C@@H](n2cnc3c(N)nc(N)nc32)C[C@H]1N=[N+]=[N-])Oc1ccccc1.C[C-](C)C.O=C=O.O=C=O.[Cl-].[Mg+2].[N-]=[N+]=NC1C[C@H](n2cnc3c(N)nc(N)nc32)O[C@@H]1CO. The van der Waals surface area contributed by atoms with Crippen LogP contribution in [0.25, 0.3) is 43.2 Å². The molecule has 0 saturated carbocycles. The Hall–Kier alpha value is -6.71. The second-order valence-electron chi connectivity index (χ2n) is 17.7. The van der Waals surface area contributed by atoms with Gasteiger partial charge in [-0.3, -0.25) is 13.7 Å². The van der Waals surface area contributed by atoms with E-state index in [0.717, 1.165) is 6.42 Å². The van der Waals surface area contributed by atoms with Gasteiger partial charge in [-0.2, -0.15) is 59.9 Å². The summed E-state index contributed by atoms with van der Waals surface area (Å²) in [6.07, 6.45) is 3.39. The number of aliphatic hydroxyl groups is 1. The number of aliphatic hydroxyl groups excluding tert-OH is 1. The van der Waals surface area contributed by atoms with E-state index in [1.54, 1.807) is 57.7 Å². The number of azide groups is 2. The second-order valence-corrected chi connectivity index (χ2v) is 22.1. The van der Waals surface area contributed by atoms with E-state index >= 15 is 0 Å². The number of nitrogen functional groups attached to an aromatic ring is 4. The first-order valence-electron chi connectivity index (χ1n) is 24.4. The third-order valence-corrected chi connectivity index (χ3v) is 14.3. The zero-order valence-electron chi connectivity index (χ0n) is 46.2. The Kier molecular flexibility index (Phi) is 33.6. The van der Waals surface area contributed by atoms with Gasteiger partial charge in [0.1, 0.15) is 35.0 Å². The van der Waals surface area contributed by atoms with Crippen molar-refractivity contribution >= 4 is 107 Å². The number of nitrogens with zero attached hydrogens (tertiary/aromatic N) is 14. The van der Waals surface area contributed by atoms with Crippen LogP contribution in [0.2, 0.25) is 0 Å². The fraction of sp³-hybridized carbons (Fsp3) is 0.457. The van der Waals surface area contributed by atoms with Gasteiger partial charge in [0.2, 0.25) is 11.9 Å². The summed E-state index contributed by atoms with van der Waals surface area (Å²) in [5.41, 5.74) is 42.2. The van der Waals surface area contributed by atoms with Gasteiger partial charge in [0.25, 0.3) is 0 Å². The number of nitrogens with two attached hydrogens (primary N) is 4. The van der Waals surface area contributed by atoms with Crippen LogP contribution in [-0.2, 0) is 42.3 Å². The number of nitrogens with one attached hydrogen (secondary N) is 2. The number of halogens is 2. The smallest absolute Gasteiger partial charge is 1.00 e. The van der Waals surface area contributed by atoms with Crippen molar-refractivity contribution in [1.82, 2.24) is 49.2 Å². The van der Waals surface area contributed by atoms with Gasteiger partial charge in [-0.1, -0.05) is 60.5 Å². The van der Waals surface area contributed by atoms with E-state index in [0.29, 0.717) is 53.1 Å². The molecule has 0 spiro atoms. The summed E-state index contributed by atoms with van der Waals surface area (Å²) in [5.74, 6) is 2.67. The van der Waals surface area contributed by atoms with Crippen LogP contribution in [0.15, 0.2) is 83.5 Å². The first-order chi connectivity index (χ1) is 38.5. The molecule has 0 aliphatic carbocycles. The standard InChI is InChI=1S/C20H27N10O4P.C10H15ClNO2P.C10H13N9O2.C4H9.2CO2.ClH.Mg/c1-3-12(2)28-35(31,34-13-7-5-4-6-8-13)32-10-15-14(27-29-23)9-16(33-15)30-11-24-17-18(21)25-20(22)26-19(17)30;1-3-9(2)12-15(11,13)14-10-7-5-4-6-8-10;11-8-7-9(16-10(12)15-8)19(3-14-7)6-1-4(17-18-13)5(2-20)21-6;1-4(2)3;2*2-1-3;;/h4-8,11-12,14-16H,3,9-10H2,1-2H3,(H,28,31)(H4,21,22,25,26);4-9H,3H2,1-2H3,(H,12,13);3-6,20H,1-2H2,(H4,11,12,15,16);1-3H3;;;1H;/q;;;-1;;;;+2/p-1/t12-,14+,15+,16+,35?;9-,15?;4?,5-,6-;;;;;/m001...../s1. The van der Waals surface area contributed by atoms with Gasteiger partial charge in [0, 0.05) is 46.0 Å². The summed E-state index contributed by atoms with van der Waals surface area (Å²) >= 11 is 5.77. The molecule has 83 heavy (non-hydrogen) atoms. The molecular formula is C46H64Cl2MgN20O12P2. The van der Waals surface area contributed by atoms with Crippen LogP contribution in [0.4, 0.5) is 23.5 Å². The number of ether oxygens (including phenoxy) is 2. The van der Waals surface area contributed by atoms with Crippen molar-refractivity contribution in [3.8, 4) is 11.5 Å². The molecule has 0 bridgehead atoms. The fourth-order valence-electron chi connectivity index (χ4n) is 7.04. The van der Waals surface area contributed by atoms with E-state index < -0.39 is 51.4 Å². The third kappa shape index (κ3) is 24.2. The van der Waals surface area contributed by atoms with Crippen molar-refractivity contribution in [2.24, 2.45) is 10.2 Å². The topological polar surface area (TPSA) is 482 Å². The van der Waals surface area contributed by atoms with Crippen molar-refractivity contribution < 1.29 is 68.9 Å². The molecule has 446 valence electrons. The van der Waals surface area contributed by atoms with Crippen molar-refractivity contribution in [1.29, 1.82) is 0 Å². The molecule has 0 radical (unpaired) electrons. The van der Waals surface area contributed by atoms with E-state index in [1.165, 1.54) is 18.6 Å². The van der Waals surface area contributed by atoms with Crippen molar-refractivity contribution in [3.63, 3.8) is 0 Å². The van der Waals surface area contributed by atoms with E-state index in [2.05, 4.69) is 80.9 Å². The van der Waals surface area contributed by atoms with Crippen molar-refractivity contribution in [2.45, 2.75) is 123 Å². The van der Waals surface area contributed by atoms with Gasteiger partial charge in [-0.25, -0.2) is 29.3 Å². The Labute approximate surface area is 503 Å². The number of hydrogen-bond acceptors (Lipinski definition) is 24. The second kappa shape index (κ2) is 37.5. The van der Waals surface area contributed by atoms with E-state index in [4.69, 9.17) is 87.5 Å². The molecule has 2 aliphatic rings. The van der Waals surface area contributed by atoms with Crippen LogP contribution in [0.5, 0.6) is 11.5 Å². The first kappa shape index (κ1) is 74.3. The van der Waals surface area contributed by atoms with Gasteiger partial charge in [0.05, 0.1) is 50.2 Å². The molecule has 3 unspecified atom stereocenters. The van der Waals surface area contributed by atoms with Gasteiger partial charge in [0.15, 0.2) is 22.9 Å². The normalized spacial score (nSPS) is 19.4. The molecule has 2 aromatic carbocycles. The quantitative estimate of drug-likeness (QED) is 0.0157. The number of carbonyl (C=O) groups excluding carboxylic acids is 4. The molecular weight excluding hydrogens is 1180 g/mol. The number of para-hydroxylation sites is 2. The zero-order valence-corrected chi connectivity index (χ0v) is 50.9.